The van der Waals surface area contributed by atoms with Crippen LogP contribution in [0, 0.1) is 12.7 Å². The van der Waals surface area contributed by atoms with Crippen LogP contribution in [0.3, 0.4) is 0 Å². The summed E-state index contributed by atoms with van der Waals surface area (Å²) in [6, 6.07) is 6.74. The smallest absolute Gasteiger partial charge is 0.129 e. The fourth-order valence-electron chi connectivity index (χ4n) is 1.56. The molecule has 0 radical (unpaired) electrons. The van der Waals surface area contributed by atoms with Crippen LogP contribution in [-0.2, 0) is 0 Å². The van der Waals surface area contributed by atoms with Gasteiger partial charge in [0, 0.05) is 24.8 Å². The van der Waals surface area contributed by atoms with Crippen LogP contribution in [0.15, 0.2) is 28.7 Å². The topological polar surface area (TPSA) is 0 Å². The minimum Gasteiger partial charge on any atom is -0.207 e. The van der Waals surface area contributed by atoms with Crippen molar-refractivity contribution in [1.29, 1.82) is 0 Å². The average molecular weight is 399 g/mol. The average Bonchev–Trinajstić information content (AvgIpc) is 2.57. The maximum absolute atomic E-state index is 13.8. The van der Waals surface area contributed by atoms with Gasteiger partial charge >= 0.3 is 0 Å². The largest absolute Gasteiger partial charge is 0.207 e. The van der Waals surface area contributed by atoms with E-state index < -0.39 is 0 Å². The van der Waals surface area contributed by atoms with Gasteiger partial charge in [0.05, 0.1) is 4.83 Å². The Bertz CT molecular complexity index is 533. The molecule has 1 aromatic heterocycles. The van der Waals surface area contributed by atoms with Gasteiger partial charge in [0.2, 0.25) is 0 Å². The molecule has 0 bridgehead atoms. The van der Waals surface area contributed by atoms with E-state index in [-0.39, 0.29) is 10.6 Å². The number of rotatable bonds is 2. The van der Waals surface area contributed by atoms with E-state index in [0.29, 0.717) is 10.6 Å². The molecule has 0 aliphatic rings. The first-order chi connectivity index (χ1) is 8.00. The second-order valence-corrected chi connectivity index (χ2v) is 7.03. The Kier molecular flexibility index (Phi) is 4.29. The van der Waals surface area contributed by atoms with Gasteiger partial charge in [0.25, 0.3) is 0 Å². The molecular formula is C12H8Br2ClFS. The lowest BCUT2D eigenvalue weighted by Gasteiger charge is -2.12. The van der Waals surface area contributed by atoms with E-state index in [1.807, 2.05) is 13.0 Å². The Morgan fingerprint density at radius 2 is 2.12 bits per heavy atom. The summed E-state index contributed by atoms with van der Waals surface area (Å²) in [5.74, 6) is -0.294. The van der Waals surface area contributed by atoms with Crippen molar-refractivity contribution in [3.05, 3.63) is 54.9 Å². The van der Waals surface area contributed by atoms with E-state index in [1.165, 1.54) is 10.9 Å². The first-order valence-electron chi connectivity index (χ1n) is 4.84. The zero-order valence-electron chi connectivity index (χ0n) is 8.81. The van der Waals surface area contributed by atoms with Gasteiger partial charge < -0.3 is 0 Å². The third-order valence-electron chi connectivity index (χ3n) is 2.32. The van der Waals surface area contributed by atoms with Crippen LogP contribution in [0.4, 0.5) is 4.39 Å². The predicted molar refractivity (Wildman–Crippen MR) is 78.9 cm³/mol. The summed E-state index contributed by atoms with van der Waals surface area (Å²) < 4.78 is 14.8. The van der Waals surface area contributed by atoms with E-state index >= 15 is 0 Å². The van der Waals surface area contributed by atoms with Crippen molar-refractivity contribution in [3.63, 3.8) is 0 Å². The molecule has 0 fully saturated rings. The number of alkyl halides is 1. The summed E-state index contributed by atoms with van der Waals surface area (Å²) in [4.78, 5) is 1.96. The van der Waals surface area contributed by atoms with Crippen molar-refractivity contribution in [3.8, 4) is 0 Å². The summed E-state index contributed by atoms with van der Waals surface area (Å²) in [5, 5.41) is 0.435. The Morgan fingerprint density at radius 3 is 2.65 bits per heavy atom. The van der Waals surface area contributed by atoms with E-state index in [0.717, 1.165) is 9.35 Å². The van der Waals surface area contributed by atoms with Gasteiger partial charge in [-0.1, -0.05) is 33.6 Å². The Morgan fingerprint density at radius 1 is 1.41 bits per heavy atom. The fourth-order valence-corrected chi connectivity index (χ4v) is 5.13. The molecule has 0 spiro atoms. The molecule has 1 unspecified atom stereocenters. The molecule has 90 valence electrons. The lowest BCUT2D eigenvalue weighted by Crippen LogP contribution is -1.96. The highest BCUT2D eigenvalue weighted by atomic mass is 79.9. The standard InChI is InChI=1S/C12H8Br2ClFS/c1-6-5-7(13)12(17-6)11(14)10-8(15)3-2-4-9(10)16/h2-5,11H,1H3. The van der Waals surface area contributed by atoms with Crippen LogP contribution in [0.1, 0.15) is 20.1 Å². The number of benzene rings is 1. The molecule has 2 rings (SSSR count). The van der Waals surface area contributed by atoms with Gasteiger partial charge in [-0.25, -0.2) is 4.39 Å². The number of hydrogen-bond donors (Lipinski definition) is 0. The monoisotopic (exact) mass is 396 g/mol. The maximum atomic E-state index is 13.8. The first-order valence-corrected chi connectivity index (χ1v) is 7.75. The summed E-state index contributed by atoms with van der Waals surface area (Å²) in [6.07, 6.45) is 0. The molecule has 0 saturated carbocycles. The van der Waals surface area contributed by atoms with Gasteiger partial charge in [0.1, 0.15) is 5.82 Å². The normalized spacial score (nSPS) is 12.8. The van der Waals surface area contributed by atoms with Gasteiger partial charge in [0.15, 0.2) is 0 Å². The van der Waals surface area contributed by atoms with E-state index in [9.17, 15) is 4.39 Å². The third-order valence-corrected chi connectivity index (χ3v) is 5.90. The van der Waals surface area contributed by atoms with Crippen molar-refractivity contribution in [1.82, 2.24) is 0 Å². The quantitative estimate of drug-likeness (QED) is 0.537. The molecule has 0 N–H and O–H groups in total. The molecule has 1 atom stereocenters. The van der Waals surface area contributed by atoms with E-state index in [1.54, 1.807) is 23.5 Å². The minimum atomic E-state index is -0.294. The van der Waals surface area contributed by atoms with Crippen molar-refractivity contribution in [2.75, 3.05) is 0 Å². The first kappa shape index (κ1) is 13.5. The van der Waals surface area contributed by atoms with Gasteiger partial charge in [-0.15, -0.1) is 11.3 Å². The van der Waals surface area contributed by atoms with Crippen LogP contribution in [0.5, 0.6) is 0 Å². The highest BCUT2D eigenvalue weighted by Crippen LogP contribution is 2.43. The predicted octanol–water partition coefficient (Wildman–Crippen LogP) is 6.10. The fraction of sp³-hybridized carbons (Fsp3) is 0.167. The second-order valence-electron chi connectivity index (χ2n) is 3.57. The molecule has 1 aromatic carbocycles. The SMILES string of the molecule is Cc1cc(Br)c(C(Br)c2c(F)cccc2Cl)s1. The van der Waals surface area contributed by atoms with Crippen molar-refractivity contribution < 1.29 is 4.39 Å². The van der Waals surface area contributed by atoms with Gasteiger partial charge in [-0.2, -0.15) is 0 Å². The van der Waals surface area contributed by atoms with Crippen LogP contribution >= 0.6 is 54.8 Å². The van der Waals surface area contributed by atoms with Crippen molar-refractivity contribution in [2.24, 2.45) is 0 Å². The molecular weight excluding hydrogens is 390 g/mol. The minimum absolute atomic E-state index is 0.232. The van der Waals surface area contributed by atoms with Gasteiger partial charge in [-0.3, -0.25) is 0 Å². The second kappa shape index (κ2) is 5.39. The maximum Gasteiger partial charge on any atom is 0.129 e. The Balaban J connectivity index is 2.51. The Hall–Kier alpha value is 0.1000. The highest BCUT2D eigenvalue weighted by Gasteiger charge is 2.21. The third kappa shape index (κ3) is 2.75. The zero-order valence-corrected chi connectivity index (χ0v) is 13.6. The highest BCUT2D eigenvalue weighted by molar-refractivity contribution is 9.11. The van der Waals surface area contributed by atoms with Crippen molar-refractivity contribution >= 4 is 54.8 Å². The van der Waals surface area contributed by atoms with Crippen LogP contribution in [0.2, 0.25) is 5.02 Å². The molecule has 2 aromatic rings. The van der Waals surface area contributed by atoms with Crippen LogP contribution in [-0.4, -0.2) is 0 Å². The summed E-state index contributed by atoms with van der Waals surface area (Å²) in [5.41, 5.74) is 0.483. The van der Waals surface area contributed by atoms with Crippen LogP contribution < -0.4 is 0 Å². The molecule has 5 heteroatoms. The molecule has 0 amide bonds. The molecule has 0 saturated heterocycles. The molecule has 1 heterocycles. The Labute approximate surface area is 125 Å². The lowest BCUT2D eigenvalue weighted by molar-refractivity contribution is 0.614. The lowest BCUT2D eigenvalue weighted by atomic mass is 10.1. The molecule has 0 aliphatic carbocycles. The van der Waals surface area contributed by atoms with E-state index in [2.05, 4.69) is 31.9 Å². The summed E-state index contributed by atoms with van der Waals surface area (Å²) >= 11 is 14.7. The molecule has 17 heavy (non-hydrogen) atoms. The number of halogens is 4. The van der Waals surface area contributed by atoms with Gasteiger partial charge in [-0.05, 0) is 41.1 Å². The summed E-state index contributed by atoms with van der Waals surface area (Å²) in [6.45, 7) is 2.02. The number of aryl methyl sites for hydroxylation is 1. The zero-order chi connectivity index (χ0) is 12.6. The number of thiophene rings is 1. The van der Waals surface area contributed by atoms with E-state index in [4.69, 9.17) is 11.6 Å². The summed E-state index contributed by atoms with van der Waals surface area (Å²) in [7, 11) is 0. The van der Waals surface area contributed by atoms with Crippen LogP contribution in [0.25, 0.3) is 0 Å². The van der Waals surface area contributed by atoms with Crippen molar-refractivity contribution in [2.45, 2.75) is 11.8 Å². The molecule has 0 nitrogen and oxygen atoms in total. The number of hydrogen-bond acceptors (Lipinski definition) is 1. The molecule has 0 aliphatic heterocycles.